The number of halogens is 1. The Morgan fingerprint density at radius 1 is 1.41 bits per heavy atom. The molecule has 2 N–H and O–H groups in total. The summed E-state index contributed by atoms with van der Waals surface area (Å²) in [5.74, 6) is 0.885. The van der Waals surface area contributed by atoms with E-state index in [2.05, 4.69) is 0 Å². The number of nitrogens with zero attached hydrogens (tertiary/aromatic N) is 1. The summed E-state index contributed by atoms with van der Waals surface area (Å²) in [6.07, 6.45) is 2.73. The van der Waals surface area contributed by atoms with Crippen LogP contribution in [0, 0.1) is 0 Å². The van der Waals surface area contributed by atoms with Crippen LogP contribution < -0.4 is 10.6 Å². The second kappa shape index (κ2) is 8.39. The van der Waals surface area contributed by atoms with Crippen LogP contribution in [0.2, 0.25) is 0 Å². The largest absolute Gasteiger partial charge is 0.320 e. The number of rotatable bonds is 5. The molecule has 1 amide bonds. The topological polar surface area (TPSA) is 46.3 Å². The summed E-state index contributed by atoms with van der Waals surface area (Å²) in [5, 5.41) is 0. The number of hydrogen-bond donors (Lipinski definition) is 1. The number of carbonyl (C=O) groups is 1. The Morgan fingerprint density at radius 3 is 2.53 bits per heavy atom. The highest BCUT2D eigenvalue weighted by Crippen LogP contribution is 2.12. The van der Waals surface area contributed by atoms with Gasteiger partial charge in [0.2, 0.25) is 5.91 Å². The first-order valence-electron chi connectivity index (χ1n) is 5.24. The molecule has 0 fully saturated rings. The average Bonchev–Trinajstić information content (AvgIpc) is 2.35. The fourth-order valence-electron chi connectivity index (χ4n) is 1.40. The van der Waals surface area contributed by atoms with Crippen molar-refractivity contribution in [1.29, 1.82) is 0 Å². The van der Waals surface area contributed by atoms with E-state index in [1.807, 2.05) is 36.6 Å². The summed E-state index contributed by atoms with van der Waals surface area (Å²) in [5.41, 5.74) is 6.72. The number of thioether (sulfide) groups is 1. The number of carbonyl (C=O) groups excluding carboxylic acids is 1. The zero-order valence-corrected chi connectivity index (χ0v) is 11.8. The van der Waals surface area contributed by atoms with Crippen LogP contribution >= 0.6 is 24.2 Å². The molecule has 0 aromatic heterocycles. The van der Waals surface area contributed by atoms with Gasteiger partial charge >= 0.3 is 0 Å². The molecule has 0 saturated heterocycles. The first-order chi connectivity index (χ1) is 7.66. The second-order valence-electron chi connectivity index (χ2n) is 3.62. The number of hydrogen-bond acceptors (Lipinski definition) is 3. The molecule has 1 aromatic carbocycles. The highest BCUT2D eigenvalue weighted by Gasteiger charge is 2.18. The van der Waals surface area contributed by atoms with Crippen LogP contribution in [0.25, 0.3) is 0 Å². The van der Waals surface area contributed by atoms with Gasteiger partial charge in [-0.3, -0.25) is 4.79 Å². The molecule has 0 aliphatic rings. The van der Waals surface area contributed by atoms with E-state index in [-0.39, 0.29) is 18.3 Å². The molecule has 96 valence electrons. The normalized spacial score (nSPS) is 11.5. The Labute approximate surface area is 113 Å². The number of amides is 1. The van der Waals surface area contributed by atoms with Crippen molar-refractivity contribution < 1.29 is 4.79 Å². The Bertz CT molecular complexity index is 335. The molecule has 17 heavy (non-hydrogen) atoms. The van der Waals surface area contributed by atoms with Gasteiger partial charge in [0.15, 0.2) is 0 Å². The van der Waals surface area contributed by atoms with Crippen LogP contribution in [0.3, 0.4) is 0 Å². The lowest BCUT2D eigenvalue weighted by molar-refractivity contribution is -0.119. The van der Waals surface area contributed by atoms with Crippen LogP contribution in [-0.4, -0.2) is 31.0 Å². The zero-order valence-electron chi connectivity index (χ0n) is 10.1. The highest BCUT2D eigenvalue weighted by molar-refractivity contribution is 7.98. The molecule has 0 radical (unpaired) electrons. The lowest BCUT2D eigenvalue weighted by atomic mass is 10.2. The molecule has 1 atom stereocenters. The van der Waals surface area contributed by atoms with Gasteiger partial charge in [-0.05, 0) is 30.6 Å². The summed E-state index contributed by atoms with van der Waals surface area (Å²) in [6.45, 7) is 0. The minimum absolute atomic E-state index is 0. The molecule has 3 nitrogen and oxygen atoms in total. The fourth-order valence-corrected chi connectivity index (χ4v) is 1.89. The average molecular weight is 275 g/mol. The third-order valence-electron chi connectivity index (χ3n) is 2.42. The fraction of sp³-hybridized carbons (Fsp3) is 0.417. The van der Waals surface area contributed by atoms with E-state index in [0.717, 1.165) is 17.9 Å². The van der Waals surface area contributed by atoms with Crippen LogP contribution in [0.4, 0.5) is 5.69 Å². The molecular weight excluding hydrogens is 256 g/mol. The van der Waals surface area contributed by atoms with Crippen molar-refractivity contribution in [1.82, 2.24) is 0 Å². The Morgan fingerprint density at radius 2 is 2.00 bits per heavy atom. The van der Waals surface area contributed by atoms with Gasteiger partial charge in [-0.15, -0.1) is 12.4 Å². The lowest BCUT2D eigenvalue weighted by Gasteiger charge is -2.21. The minimum atomic E-state index is -0.405. The molecule has 0 unspecified atom stereocenters. The highest BCUT2D eigenvalue weighted by atomic mass is 35.5. The number of benzene rings is 1. The van der Waals surface area contributed by atoms with E-state index < -0.39 is 6.04 Å². The standard InChI is InChI=1S/C12H18N2OS.ClH/c1-14(10-6-4-3-5-7-10)12(15)11(13)8-9-16-2;/h3-7,11H,8-9,13H2,1-2H3;1H/t11-;/m0./s1. The quantitative estimate of drug-likeness (QED) is 0.895. The maximum atomic E-state index is 11.9. The van der Waals surface area contributed by atoms with Crippen molar-refractivity contribution in [2.75, 3.05) is 24.0 Å². The minimum Gasteiger partial charge on any atom is -0.320 e. The smallest absolute Gasteiger partial charge is 0.243 e. The number of likely N-dealkylation sites (N-methyl/N-ethyl adjacent to an activating group) is 1. The molecule has 0 bridgehead atoms. The molecule has 0 aliphatic carbocycles. The van der Waals surface area contributed by atoms with E-state index in [1.54, 1.807) is 23.7 Å². The summed E-state index contributed by atoms with van der Waals surface area (Å²) >= 11 is 1.70. The Balaban J connectivity index is 0.00000256. The van der Waals surface area contributed by atoms with Crippen LogP contribution in [-0.2, 0) is 4.79 Å². The van der Waals surface area contributed by atoms with Gasteiger partial charge in [-0.2, -0.15) is 11.8 Å². The van der Waals surface area contributed by atoms with Gasteiger partial charge in [0.25, 0.3) is 0 Å². The lowest BCUT2D eigenvalue weighted by Crippen LogP contribution is -2.42. The third kappa shape index (κ3) is 4.98. The van der Waals surface area contributed by atoms with Crippen molar-refractivity contribution in [3.05, 3.63) is 30.3 Å². The van der Waals surface area contributed by atoms with Crippen molar-refractivity contribution in [2.45, 2.75) is 12.5 Å². The van der Waals surface area contributed by atoms with Crippen molar-refractivity contribution >= 4 is 35.8 Å². The van der Waals surface area contributed by atoms with Gasteiger partial charge in [-0.1, -0.05) is 18.2 Å². The van der Waals surface area contributed by atoms with Crippen LogP contribution in [0.15, 0.2) is 30.3 Å². The molecule has 0 spiro atoms. The number of nitrogens with two attached hydrogens (primary N) is 1. The van der Waals surface area contributed by atoms with Gasteiger partial charge in [0.05, 0.1) is 6.04 Å². The van der Waals surface area contributed by atoms with Gasteiger partial charge in [-0.25, -0.2) is 0 Å². The molecule has 5 heteroatoms. The number of para-hydroxylation sites is 1. The van der Waals surface area contributed by atoms with Gasteiger partial charge in [0.1, 0.15) is 0 Å². The Kier molecular flexibility index (Phi) is 8.04. The molecule has 0 heterocycles. The molecular formula is C12H19ClN2OS. The maximum absolute atomic E-state index is 11.9. The first-order valence-corrected chi connectivity index (χ1v) is 6.63. The summed E-state index contributed by atoms with van der Waals surface area (Å²) in [4.78, 5) is 13.6. The van der Waals surface area contributed by atoms with E-state index in [0.29, 0.717) is 0 Å². The summed E-state index contributed by atoms with van der Waals surface area (Å²) in [6, 6.07) is 9.14. The molecule has 1 rings (SSSR count). The van der Waals surface area contributed by atoms with Crippen molar-refractivity contribution in [3.8, 4) is 0 Å². The van der Waals surface area contributed by atoms with E-state index in [4.69, 9.17) is 5.73 Å². The van der Waals surface area contributed by atoms with E-state index >= 15 is 0 Å². The Hall–Kier alpha value is -0.710. The van der Waals surface area contributed by atoms with E-state index in [1.165, 1.54) is 0 Å². The monoisotopic (exact) mass is 274 g/mol. The predicted octanol–water partition coefficient (Wildman–Crippen LogP) is 2.15. The predicted molar refractivity (Wildman–Crippen MR) is 78.1 cm³/mol. The third-order valence-corrected chi connectivity index (χ3v) is 3.07. The van der Waals surface area contributed by atoms with Crippen molar-refractivity contribution in [2.24, 2.45) is 5.73 Å². The van der Waals surface area contributed by atoms with E-state index in [9.17, 15) is 4.79 Å². The van der Waals surface area contributed by atoms with Crippen molar-refractivity contribution in [3.63, 3.8) is 0 Å². The van der Waals surface area contributed by atoms with Gasteiger partial charge in [0, 0.05) is 12.7 Å². The number of anilines is 1. The van der Waals surface area contributed by atoms with Gasteiger partial charge < -0.3 is 10.6 Å². The molecule has 0 aliphatic heterocycles. The summed E-state index contributed by atoms with van der Waals surface area (Å²) < 4.78 is 0. The second-order valence-corrected chi connectivity index (χ2v) is 4.61. The van der Waals surface area contributed by atoms with Crippen LogP contribution in [0.5, 0.6) is 0 Å². The molecule has 0 saturated carbocycles. The molecule has 1 aromatic rings. The first kappa shape index (κ1) is 16.3. The SMILES string of the molecule is CSCC[C@H](N)C(=O)N(C)c1ccccc1.Cl. The van der Waals surface area contributed by atoms with Crippen LogP contribution in [0.1, 0.15) is 6.42 Å². The maximum Gasteiger partial charge on any atom is 0.243 e. The summed E-state index contributed by atoms with van der Waals surface area (Å²) in [7, 11) is 1.76. The zero-order chi connectivity index (χ0) is 12.0.